The van der Waals surface area contributed by atoms with Crippen LogP contribution in [0.3, 0.4) is 0 Å². The highest BCUT2D eigenvalue weighted by Gasteiger charge is 2.21. The molecule has 1 heterocycles. The van der Waals surface area contributed by atoms with Gasteiger partial charge in [-0.15, -0.1) is 0 Å². The van der Waals surface area contributed by atoms with Crippen molar-refractivity contribution in [3.8, 4) is 5.69 Å². The maximum Gasteiger partial charge on any atom is 0.0547 e. The van der Waals surface area contributed by atoms with Crippen LogP contribution in [0.1, 0.15) is 0 Å². The molecule has 9 rings (SSSR count). The van der Waals surface area contributed by atoms with Gasteiger partial charge < -0.3 is 9.47 Å². The Morgan fingerprint density at radius 1 is 0.364 bits per heavy atom. The summed E-state index contributed by atoms with van der Waals surface area (Å²) in [7, 11) is 0. The molecule has 0 saturated carbocycles. The van der Waals surface area contributed by atoms with Gasteiger partial charge in [-0.2, -0.15) is 0 Å². The van der Waals surface area contributed by atoms with Crippen molar-refractivity contribution in [1.82, 2.24) is 4.57 Å². The molecular formula is C42H28N2. The Labute approximate surface area is 255 Å². The molecule has 206 valence electrons. The lowest BCUT2D eigenvalue weighted by atomic mass is 10.00. The van der Waals surface area contributed by atoms with Gasteiger partial charge in [-0.1, -0.05) is 121 Å². The van der Waals surface area contributed by atoms with E-state index in [0.29, 0.717) is 0 Å². The molecule has 0 N–H and O–H groups in total. The smallest absolute Gasteiger partial charge is 0.0547 e. The number of para-hydroxylation sites is 2. The van der Waals surface area contributed by atoms with Gasteiger partial charge in [0.05, 0.1) is 22.4 Å². The number of nitrogens with zero attached hydrogens (tertiary/aromatic N) is 2. The standard InChI is InChI=1S/C42H28N2/c1-2-16-32(17-3-1)43-40-21-9-8-19-37(40)42-36-20-11-23-39(35(36)26-27-41(42)43)44(33-25-24-29-12-4-5-14-31(29)28-33)38-22-10-15-30-13-6-7-18-34(30)38/h1-28H. The predicted octanol–water partition coefficient (Wildman–Crippen LogP) is 11.7. The van der Waals surface area contributed by atoms with E-state index in [4.69, 9.17) is 0 Å². The van der Waals surface area contributed by atoms with E-state index in [2.05, 4.69) is 179 Å². The fourth-order valence-corrected chi connectivity index (χ4v) is 6.99. The first-order valence-corrected chi connectivity index (χ1v) is 15.1. The van der Waals surface area contributed by atoms with Gasteiger partial charge in [0.2, 0.25) is 0 Å². The maximum absolute atomic E-state index is 2.44. The molecule has 2 heteroatoms. The van der Waals surface area contributed by atoms with E-state index in [-0.39, 0.29) is 0 Å². The van der Waals surface area contributed by atoms with Crippen LogP contribution in [0.5, 0.6) is 0 Å². The Balaban J connectivity index is 1.38. The first-order chi connectivity index (χ1) is 21.8. The van der Waals surface area contributed by atoms with Crippen LogP contribution in [-0.2, 0) is 0 Å². The van der Waals surface area contributed by atoms with Crippen molar-refractivity contribution in [1.29, 1.82) is 0 Å². The maximum atomic E-state index is 2.44. The molecule has 0 atom stereocenters. The van der Waals surface area contributed by atoms with Crippen LogP contribution in [0.25, 0.3) is 59.8 Å². The second kappa shape index (κ2) is 9.86. The minimum atomic E-state index is 1.14. The van der Waals surface area contributed by atoms with Crippen molar-refractivity contribution >= 4 is 71.2 Å². The van der Waals surface area contributed by atoms with E-state index in [0.717, 1.165) is 17.1 Å². The third-order valence-electron chi connectivity index (χ3n) is 8.93. The molecule has 1 aromatic heterocycles. The third-order valence-corrected chi connectivity index (χ3v) is 8.93. The highest BCUT2D eigenvalue weighted by atomic mass is 15.1. The summed E-state index contributed by atoms with van der Waals surface area (Å²) in [5.74, 6) is 0. The lowest BCUT2D eigenvalue weighted by Crippen LogP contribution is -2.11. The van der Waals surface area contributed by atoms with Crippen molar-refractivity contribution in [2.24, 2.45) is 0 Å². The second-order valence-corrected chi connectivity index (χ2v) is 11.4. The minimum absolute atomic E-state index is 1.14. The largest absolute Gasteiger partial charge is 0.309 e. The molecule has 8 aromatic carbocycles. The Bertz CT molecular complexity index is 2500. The van der Waals surface area contributed by atoms with Crippen molar-refractivity contribution in [3.05, 3.63) is 170 Å². The molecule has 2 nitrogen and oxygen atoms in total. The number of benzene rings is 8. The monoisotopic (exact) mass is 560 g/mol. The summed E-state index contributed by atoms with van der Waals surface area (Å²) in [5, 5.41) is 9.92. The zero-order chi connectivity index (χ0) is 29.0. The fourth-order valence-electron chi connectivity index (χ4n) is 6.99. The molecule has 44 heavy (non-hydrogen) atoms. The van der Waals surface area contributed by atoms with Crippen molar-refractivity contribution in [2.45, 2.75) is 0 Å². The molecule has 0 saturated heterocycles. The van der Waals surface area contributed by atoms with Gasteiger partial charge in [-0.25, -0.2) is 0 Å². The summed E-state index contributed by atoms with van der Waals surface area (Å²) >= 11 is 0. The average Bonchev–Trinajstić information content (AvgIpc) is 3.44. The summed E-state index contributed by atoms with van der Waals surface area (Å²) in [6.45, 7) is 0. The SMILES string of the molecule is c1ccc(-n2c3ccccc3c3c4cccc(N(c5ccc6ccccc6c5)c5cccc6ccccc56)c4ccc32)cc1. The van der Waals surface area contributed by atoms with Crippen molar-refractivity contribution in [3.63, 3.8) is 0 Å². The Morgan fingerprint density at radius 3 is 1.86 bits per heavy atom. The molecular weight excluding hydrogens is 532 g/mol. The average molecular weight is 561 g/mol. The Morgan fingerprint density at radius 2 is 1.00 bits per heavy atom. The summed E-state index contributed by atoms with van der Waals surface area (Å²) < 4.78 is 2.39. The summed E-state index contributed by atoms with van der Waals surface area (Å²) in [6.07, 6.45) is 0. The fraction of sp³-hybridized carbons (Fsp3) is 0. The molecule has 0 fully saturated rings. The molecule has 0 amide bonds. The zero-order valence-electron chi connectivity index (χ0n) is 24.1. The van der Waals surface area contributed by atoms with Gasteiger partial charge in [0.25, 0.3) is 0 Å². The highest BCUT2D eigenvalue weighted by Crippen LogP contribution is 2.45. The first kappa shape index (κ1) is 24.7. The molecule has 9 aromatic rings. The highest BCUT2D eigenvalue weighted by molar-refractivity contribution is 6.23. The van der Waals surface area contributed by atoms with Crippen LogP contribution >= 0.6 is 0 Å². The van der Waals surface area contributed by atoms with Gasteiger partial charge in [0, 0.05) is 32.9 Å². The van der Waals surface area contributed by atoms with Gasteiger partial charge in [-0.3, -0.25) is 0 Å². The van der Waals surface area contributed by atoms with Gasteiger partial charge in [-0.05, 0) is 70.1 Å². The van der Waals surface area contributed by atoms with Gasteiger partial charge in [0.15, 0.2) is 0 Å². The van der Waals surface area contributed by atoms with E-state index in [9.17, 15) is 0 Å². The number of aromatic nitrogens is 1. The van der Waals surface area contributed by atoms with Crippen LogP contribution in [0.2, 0.25) is 0 Å². The Kier molecular flexibility index (Phi) is 5.54. The molecule has 0 aliphatic rings. The van der Waals surface area contributed by atoms with E-state index in [1.807, 2.05) is 0 Å². The lowest BCUT2D eigenvalue weighted by molar-refractivity contribution is 1.18. The number of rotatable bonds is 4. The predicted molar refractivity (Wildman–Crippen MR) is 188 cm³/mol. The summed E-state index contributed by atoms with van der Waals surface area (Å²) in [6, 6.07) is 61.5. The number of hydrogen-bond acceptors (Lipinski definition) is 1. The molecule has 0 radical (unpaired) electrons. The molecule has 0 spiro atoms. The van der Waals surface area contributed by atoms with E-state index >= 15 is 0 Å². The summed E-state index contributed by atoms with van der Waals surface area (Å²) in [5.41, 5.74) is 7.06. The zero-order valence-corrected chi connectivity index (χ0v) is 24.1. The van der Waals surface area contributed by atoms with Crippen molar-refractivity contribution in [2.75, 3.05) is 4.90 Å². The van der Waals surface area contributed by atoms with Crippen LogP contribution in [-0.4, -0.2) is 4.57 Å². The van der Waals surface area contributed by atoms with E-state index in [1.54, 1.807) is 0 Å². The minimum Gasteiger partial charge on any atom is -0.309 e. The molecule has 0 aliphatic carbocycles. The summed E-state index contributed by atoms with van der Waals surface area (Å²) in [4.78, 5) is 2.44. The number of hydrogen-bond donors (Lipinski definition) is 0. The molecule has 0 aliphatic heterocycles. The van der Waals surface area contributed by atoms with Crippen LogP contribution in [0.15, 0.2) is 170 Å². The van der Waals surface area contributed by atoms with Crippen molar-refractivity contribution < 1.29 is 0 Å². The van der Waals surface area contributed by atoms with Gasteiger partial charge >= 0.3 is 0 Å². The van der Waals surface area contributed by atoms with Gasteiger partial charge in [0.1, 0.15) is 0 Å². The van der Waals surface area contributed by atoms with E-state index in [1.165, 1.54) is 59.8 Å². The quantitative estimate of drug-likeness (QED) is 0.208. The van der Waals surface area contributed by atoms with E-state index < -0.39 is 0 Å². The van der Waals surface area contributed by atoms with Crippen LogP contribution in [0, 0.1) is 0 Å². The topological polar surface area (TPSA) is 8.17 Å². The number of anilines is 3. The van der Waals surface area contributed by atoms with Crippen LogP contribution < -0.4 is 4.90 Å². The normalized spacial score (nSPS) is 11.6. The Hall–Kier alpha value is -5.86. The first-order valence-electron chi connectivity index (χ1n) is 15.1. The van der Waals surface area contributed by atoms with Crippen LogP contribution in [0.4, 0.5) is 17.1 Å². The second-order valence-electron chi connectivity index (χ2n) is 11.4. The molecule has 0 bridgehead atoms. The molecule has 0 unspecified atom stereocenters. The lowest BCUT2D eigenvalue weighted by Gasteiger charge is -2.28. The third kappa shape index (κ3) is 3.75. The number of fused-ring (bicyclic) bond motifs is 7.